The maximum absolute atomic E-state index is 12.6. The summed E-state index contributed by atoms with van der Waals surface area (Å²) in [6.45, 7) is 4.29. The Bertz CT molecular complexity index is 908. The van der Waals surface area contributed by atoms with E-state index in [2.05, 4.69) is 48.6 Å². The first kappa shape index (κ1) is 25.3. The van der Waals surface area contributed by atoms with Gasteiger partial charge in [-0.1, -0.05) is 37.5 Å². The largest absolute Gasteiger partial charge is 0.353 e. The smallest absolute Gasteiger partial charge is 0.227 e. The Morgan fingerprint density at radius 3 is 2.55 bits per heavy atom. The third-order valence-corrected chi connectivity index (χ3v) is 6.39. The molecule has 2 aliphatic rings. The Morgan fingerprint density at radius 1 is 1.06 bits per heavy atom. The number of halogens is 1. The van der Waals surface area contributed by atoms with Crippen LogP contribution in [0, 0.1) is 5.92 Å². The summed E-state index contributed by atoms with van der Waals surface area (Å²) in [5.74, 6) is 2.26. The van der Waals surface area contributed by atoms with E-state index in [1.54, 1.807) is 0 Å². The number of pyridine rings is 1. The molecule has 2 aromatic rings. The summed E-state index contributed by atoms with van der Waals surface area (Å²) in [4.78, 5) is 26.1. The van der Waals surface area contributed by atoms with Crippen LogP contribution < -0.4 is 15.5 Å². The predicted octanol–water partition coefficient (Wildman–Crippen LogP) is 4.12. The summed E-state index contributed by atoms with van der Waals surface area (Å²) in [7, 11) is 1.83. The van der Waals surface area contributed by atoms with Gasteiger partial charge >= 0.3 is 0 Å². The van der Waals surface area contributed by atoms with Crippen molar-refractivity contribution in [2.75, 3.05) is 43.4 Å². The molecule has 0 bridgehead atoms. The van der Waals surface area contributed by atoms with E-state index in [9.17, 15) is 4.79 Å². The number of hydrogen-bond acceptors (Lipinski definition) is 4. The molecule has 2 N–H and O–H groups in total. The van der Waals surface area contributed by atoms with Gasteiger partial charge in [-0.3, -0.25) is 9.79 Å². The number of amides is 1. The van der Waals surface area contributed by atoms with Crippen LogP contribution in [0.3, 0.4) is 0 Å². The molecule has 1 aromatic heterocycles. The SMILES string of the molecule is CN=C(NCc1cccc(NC(=O)C2CCCCC2)c1)N1CCN(c2ccccn2)CC1.I. The molecule has 8 heteroatoms. The molecule has 2 heterocycles. The average Bonchev–Trinajstić information content (AvgIpc) is 2.86. The summed E-state index contributed by atoms with van der Waals surface area (Å²) >= 11 is 0. The molecule has 33 heavy (non-hydrogen) atoms. The Morgan fingerprint density at radius 2 is 1.85 bits per heavy atom. The van der Waals surface area contributed by atoms with E-state index in [4.69, 9.17) is 0 Å². The number of aliphatic imine (C=N–C) groups is 1. The lowest BCUT2D eigenvalue weighted by Gasteiger charge is -2.37. The van der Waals surface area contributed by atoms with Gasteiger partial charge in [-0.25, -0.2) is 4.98 Å². The van der Waals surface area contributed by atoms with Gasteiger partial charge in [0.15, 0.2) is 5.96 Å². The normalized spacial score (nSPS) is 17.3. The van der Waals surface area contributed by atoms with Crippen LogP contribution in [-0.4, -0.2) is 55.0 Å². The molecule has 7 nitrogen and oxygen atoms in total. The van der Waals surface area contributed by atoms with Crippen molar-refractivity contribution in [3.05, 3.63) is 54.2 Å². The first-order valence-electron chi connectivity index (χ1n) is 11.7. The highest BCUT2D eigenvalue weighted by Crippen LogP contribution is 2.25. The van der Waals surface area contributed by atoms with Crippen LogP contribution in [0.15, 0.2) is 53.7 Å². The van der Waals surface area contributed by atoms with Crippen LogP contribution in [0.25, 0.3) is 0 Å². The van der Waals surface area contributed by atoms with E-state index in [-0.39, 0.29) is 35.8 Å². The summed E-state index contributed by atoms with van der Waals surface area (Å²) in [5, 5.41) is 6.60. The molecule has 1 aliphatic carbocycles. The minimum absolute atomic E-state index is 0. The highest BCUT2D eigenvalue weighted by atomic mass is 127. The van der Waals surface area contributed by atoms with E-state index < -0.39 is 0 Å². The quantitative estimate of drug-likeness (QED) is 0.326. The van der Waals surface area contributed by atoms with E-state index in [1.807, 2.05) is 37.5 Å². The molecule has 178 valence electrons. The Labute approximate surface area is 214 Å². The number of hydrogen-bond donors (Lipinski definition) is 2. The fourth-order valence-electron chi connectivity index (χ4n) is 4.57. The minimum atomic E-state index is 0. The van der Waals surface area contributed by atoms with Gasteiger partial charge in [-0.2, -0.15) is 0 Å². The molecule has 4 rings (SSSR count). The van der Waals surface area contributed by atoms with E-state index in [1.165, 1.54) is 6.42 Å². The molecule has 0 radical (unpaired) electrons. The molecule has 0 unspecified atom stereocenters. The number of rotatable bonds is 5. The highest BCUT2D eigenvalue weighted by molar-refractivity contribution is 14.0. The average molecular weight is 563 g/mol. The van der Waals surface area contributed by atoms with Gasteiger partial charge < -0.3 is 20.4 Å². The van der Waals surface area contributed by atoms with Crippen molar-refractivity contribution in [2.45, 2.75) is 38.6 Å². The Balaban J connectivity index is 0.00000306. The van der Waals surface area contributed by atoms with Crippen LogP contribution >= 0.6 is 24.0 Å². The predicted molar refractivity (Wildman–Crippen MR) is 145 cm³/mol. The maximum atomic E-state index is 12.6. The van der Waals surface area contributed by atoms with Gasteiger partial charge in [-0.05, 0) is 42.7 Å². The number of piperazine rings is 1. The van der Waals surface area contributed by atoms with Crippen LogP contribution in [0.2, 0.25) is 0 Å². The third kappa shape index (κ3) is 7.06. The molecule has 1 amide bonds. The minimum Gasteiger partial charge on any atom is -0.353 e. The second-order valence-electron chi connectivity index (χ2n) is 8.59. The topological polar surface area (TPSA) is 72.9 Å². The van der Waals surface area contributed by atoms with Crippen molar-refractivity contribution < 1.29 is 4.79 Å². The lowest BCUT2D eigenvalue weighted by Crippen LogP contribution is -2.52. The van der Waals surface area contributed by atoms with Gasteiger partial charge in [-0.15, -0.1) is 24.0 Å². The summed E-state index contributed by atoms with van der Waals surface area (Å²) < 4.78 is 0. The van der Waals surface area contributed by atoms with Crippen molar-refractivity contribution in [1.29, 1.82) is 0 Å². The van der Waals surface area contributed by atoms with E-state index >= 15 is 0 Å². The van der Waals surface area contributed by atoms with Crippen LogP contribution in [0.5, 0.6) is 0 Å². The molecular weight excluding hydrogens is 527 g/mol. The number of carbonyl (C=O) groups is 1. The standard InChI is InChI=1S/C25H34N6O.HI/c1-26-25(31-16-14-30(15-17-31)23-12-5-6-13-27-23)28-19-20-8-7-11-22(18-20)29-24(32)21-9-3-2-4-10-21;/h5-8,11-13,18,21H,2-4,9-10,14-17,19H2,1H3,(H,26,28)(H,29,32);1H. The molecular formula is C25H35IN6O. The Hall–Kier alpha value is -2.36. The van der Waals surface area contributed by atoms with Crippen molar-refractivity contribution in [3.8, 4) is 0 Å². The van der Waals surface area contributed by atoms with Gasteiger partial charge in [0, 0.05) is 57.6 Å². The second-order valence-corrected chi connectivity index (χ2v) is 8.59. The molecule has 0 spiro atoms. The molecule has 1 saturated heterocycles. The van der Waals surface area contributed by atoms with Crippen LogP contribution in [0.4, 0.5) is 11.5 Å². The number of nitrogens with zero attached hydrogens (tertiary/aromatic N) is 4. The lowest BCUT2D eigenvalue weighted by molar-refractivity contribution is -0.120. The molecule has 1 saturated carbocycles. The number of carbonyl (C=O) groups excluding carboxylic acids is 1. The maximum Gasteiger partial charge on any atom is 0.227 e. The first-order valence-corrected chi connectivity index (χ1v) is 11.7. The van der Waals surface area contributed by atoms with Gasteiger partial charge in [0.1, 0.15) is 5.82 Å². The second kappa shape index (κ2) is 12.8. The van der Waals surface area contributed by atoms with Crippen molar-refractivity contribution in [2.24, 2.45) is 10.9 Å². The van der Waals surface area contributed by atoms with Crippen molar-refractivity contribution >= 4 is 47.3 Å². The first-order chi connectivity index (χ1) is 15.7. The van der Waals surface area contributed by atoms with Crippen molar-refractivity contribution in [3.63, 3.8) is 0 Å². The zero-order valence-corrected chi connectivity index (χ0v) is 21.7. The summed E-state index contributed by atoms with van der Waals surface area (Å²) in [5.41, 5.74) is 2.00. The number of aromatic nitrogens is 1. The molecule has 0 atom stereocenters. The lowest BCUT2D eigenvalue weighted by atomic mass is 9.88. The van der Waals surface area contributed by atoms with E-state index in [0.717, 1.165) is 74.9 Å². The highest BCUT2D eigenvalue weighted by Gasteiger charge is 2.22. The van der Waals surface area contributed by atoms with Gasteiger partial charge in [0.2, 0.25) is 5.91 Å². The van der Waals surface area contributed by atoms with Crippen LogP contribution in [-0.2, 0) is 11.3 Å². The molecule has 1 aliphatic heterocycles. The Kier molecular flexibility index (Phi) is 9.77. The summed E-state index contributed by atoms with van der Waals surface area (Å²) in [6.07, 6.45) is 7.45. The summed E-state index contributed by atoms with van der Waals surface area (Å²) in [6, 6.07) is 14.1. The number of benzene rings is 1. The van der Waals surface area contributed by atoms with Gasteiger partial charge in [0.25, 0.3) is 0 Å². The van der Waals surface area contributed by atoms with Gasteiger partial charge in [0.05, 0.1) is 0 Å². The fourth-order valence-corrected chi connectivity index (χ4v) is 4.57. The number of anilines is 2. The van der Waals surface area contributed by atoms with Crippen molar-refractivity contribution in [1.82, 2.24) is 15.2 Å². The molecule has 2 fully saturated rings. The zero-order valence-electron chi connectivity index (χ0n) is 19.4. The monoisotopic (exact) mass is 562 g/mol. The fraction of sp³-hybridized carbons (Fsp3) is 0.480. The molecule has 1 aromatic carbocycles. The number of guanidine groups is 1. The third-order valence-electron chi connectivity index (χ3n) is 6.39. The van der Waals surface area contributed by atoms with Crippen LogP contribution in [0.1, 0.15) is 37.7 Å². The number of nitrogens with one attached hydrogen (secondary N) is 2. The zero-order chi connectivity index (χ0) is 22.2. The van der Waals surface area contributed by atoms with E-state index in [0.29, 0.717) is 6.54 Å².